The molecule has 0 saturated heterocycles. The van der Waals surface area contributed by atoms with Crippen LogP contribution in [0.25, 0.3) is 0 Å². The van der Waals surface area contributed by atoms with Crippen molar-refractivity contribution in [2.45, 2.75) is 19.8 Å². The zero-order valence-electron chi connectivity index (χ0n) is 11.7. The number of ether oxygens (including phenoxy) is 1. The Balaban J connectivity index is 0.000000480. The van der Waals surface area contributed by atoms with E-state index < -0.39 is 5.97 Å². The van der Waals surface area contributed by atoms with E-state index in [2.05, 4.69) is 6.92 Å². The first kappa shape index (κ1) is 19.7. The third-order valence-corrected chi connectivity index (χ3v) is 2.54. The molecule has 0 aliphatic heterocycles. The fraction of sp³-hybridized carbons (Fsp3) is 0.235. The number of para-hydroxylation sites is 1. The average Bonchev–Trinajstić information content (AvgIpc) is 2.50. The molecule has 0 fully saturated rings. The maximum atomic E-state index is 10.8. The summed E-state index contributed by atoms with van der Waals surface area (Å²) in [6, 6.07) is 18.7. The second kappa shape index (κ2) is 12.5. The first-order chi connectivity index (χ1) is 9.75. The van der Waals surface area contributed by atoms with Gasteiger partial charge >= 0.3 is 35.5 Å². The molecule has 1 N–H and O–H groups in total. The summed E-state index contributed by atoms with van der Waals surface area (Å²) in [5.74, 6) is -0.495. The minimum absolute atomic E-state index is 0. The molecule has 2 aromatic carbocycles. The Hall–Kier alpha value is -1.29. The van der Waals surface area contributed by atoms with E-state index in [0.29, 0.717) is 12.4 Å². The summed E-state index contributed by atoms with van der Waals surface area (Å²) in [7, 11) is 0. The zero-order valence-corrected chi connectivity index (χ0v) is 11.7. The summed E-state index contributed by atoms with van der Waals surface area (Å²) in [4.78, 5) is 10.8. The summed E-state index contributed by atoms with van der Waals surface area (Å²) in [5, 5.41) is 8.84. The monoisotopic (exact) mass is 296 g/mol. The van der Waals surface area contributed by atoms with Crippen molar-refractivity contribution in [1.29, 1.82) is 0 Å². The van der Waals surface area contributed by atoms with Gasteiger partial charge in [-0.25, -0.2) is 4.79 Å². The van der Waals surface area contributed by atoms with E-state index in [4.69, 9.17) is 9.84 Å². The van der Waals surface area contributed by atoms with Crippen molar-refractivity contribution >= 4 is 35.5 Å². The molecule has 0 atom stereocenters. The Kier molecular flexibility index (Phi) is 11.7. The van der Waals surface area contributed by atoms with E-state index in [9.17, 15) is 4.79 Å². The predicted molar refractivity (Wildman–Crippen MR) is 87.4 cm³/mol. The summed E-state index contributed by atoms with van der Waals surface area (Å²) >= 11 is 0. The number of benzene rings is 2. The summed E-state index contributed by atoms with van der Waals surface area (Å²) < 4.78 is 5.36. The van der Waals surface area contributed by atoms with Gasteiger partial charge in [-0.15, -0.1) is 0 Å². The Bertz CT molecular complexity index is 474. The molecule has 0 spiro atoms. The Morgan fingerprint density at radius 2 is 1.52 bits per heavy atom. The fourth-order valence-electron chi connectivity index (χ4n) is 1.48. The van der Waals surface area contributed by atoms with Crippen LogP contribution in [0.15, 0.2) is 60.7 Å². The summed E-state index contributed by atoms with van der Waals surface area (Å²) in [6.07, 6.45) is 1.98. The molecule has 0 unspecified atom stereocenters. The zero-order chi connectivity index (χ0) is 14.6. The fourth-order valence-corrected chi connectivity index (χ4v) is 1.48. The van der Waals surface area contributed by atoms with Crippen LogP contribution in [-0.4, -0.2) is 47.2 Å². The van der Waals surface area contributed by atoms with Crippen molar-refractivity contribution < 1.29 is 14.6 Å². The first-order valence-corrected chi connectivity index (χ1v) is 6.70. The van der Waals surface area contributed by atoms with Crippen LogP contribution in [0.5, 0.6) is 5.75 Å². The molecule has 21 heavy (non-hydrogen) atoms. The second-order valence-electron chi connectivity index (χ2n) is 4.16. The Morgan fingerprint density at radius 1 is 1.00 bits per heavy atom. The van der Waals surface area contributed by atoms with Gasteiger partial charge in [0.05, 0.1) is 6.61 Å². The number of hydrogen-bond donors (Lipinski definition) is 1. The van der Waals surface area contributed by atoms with Crippen molar-refractivity contribution in [3.8, 4) is 5.75 Å². The van der Waals surface area contributed by atoms with Crippen molar-refractivity contribution in [3.63, 3.8) is 0 Å². The van der Waals surface area contributed by atoms with E-state index in [1.807, 2.05) is 36.4 Å². The molecule has 108 valence electrons. The van der Waals surface area contributed by atoms with Crippen molar-refractivity contribution in [2.24, 2.45) is 0 Å². The standard InChI is InChI=1S/C11H14O3.C6H6.Na.H/c1-2-3-8-14-10-7-5-4-6-9(10)11(12)13;1-2-4-6-5-3-1;;/h4-7H,2-3,8H2,1H3,(H,12,13);1-6H;;. The molecular formula is C17H21NaO3. The minimum atomic E-state index is -0.947. The van der Waals surface area contributed by atoms with Gasteiger partial charge in [-0.2, -0.15) is 0 Å². The van der Waals surface area contributed by atoms with E-state index >= 15 is 0 Å². The number of rotatable bonds is 5. The third kappa shape index (κ3) is 8.56. The Morgan fingerprint density at radius 3 is 2.00 bits per heavy atom. The van der Waals surface area contributed by atoms with Gasteiger partial charge in [0.15, 0.2) is 0 Å². The molecule has 0 aliphatic carbocycles. The normalized spacial score (nSPS) is 8.81. The van der Waals surface area contributed by atoms with E-state index in [1.165, 1.54) is 0 Å². The topological polar surface area (TPSA) is 46.5 Å². The number of carboxylic acid groups (broad SMARTS) is 1. The SMILES string of the molecule is CCCCOc1ccccc1C(=O)O.[NaH].c1ccccc1. The molecule has 0 amide bonds. The number of unbranched alkanes of at least 4 members (excludes halogenated alkanes) is 1. The number of carboxylic acids is 1. The van der Waals surface area contributed by atoms with Crippen molar-refractivity contribution in [3.05, 3.63) is 66.2 Å². The van der Waals surface area contributed by atoms with Gasteiger partial charge < -0.3 is 9.84 Å². The molecular weight excluding hydrogens is 275 g/mol. The average molecular weight is 296 g/mol. The van der Waals surface area contributed by atoms with Crippen LogP contribution in [-0.2, 0) is 0 Å². The molecule has 4 heteroatoms. The predicted octanol–water partition coefficient (Wildman–Crippen LogP) is 3.60. The van der Waals surface area contributed by atoms with Gasteiger partial charge in [-0.3, -0.25) is 0 Å². The molecule has 0 saturated carbocycles. The molecule has 2 aromatic rings. The maximum Gasteiger partial charge on any atom is -0.0623 e. The third-order valence-electron chi connectivity index (χ3n) is 2.54. The van der Waals surface area contributed by atoms with Crippen LogP contribution in [0.1, 0.15) is 30.1 Å². The largest absolute Gasteiger partial charge is 0.0623 e. The second-order valence-corrected chi connectivity index (χ2v) is 4.16. The minimum Gasteiger partial charge on any atom is -0.0623 e. The van der Waals surface area contributed by atoms with Gasteiger partial charge in [-0.05, 0) is 18.6 Å². The van der Waals surface area contributed by atoms with Crippen molar-refractivity contribution in [1.82, 2.24) is 0 Å². The molecule has 0 aromatic heterocycles. The quantitative estimate of drug-likeness (QED) is 0.677. The number of hydrogen-bond acceptors (Lipinski definition) is 2. The Labute approximate surface area is 148 Å². The van der Waals surface area contributed by atoms with E-state index in [1.54, 1.807) is 24.3 Å². The maximum absolute atomic E-state index is 10.8. The summed E-state index contributed by atoms with van der Waals surface area (Å²) in [6.45, 7) is 2.63. The molecule has 2 rings (SSSR count). The van der Waals surface area contributed by atoms with Gasteiger partial charge in [0, 0.05) is 0 Å². The van der Waals surface area contributed by atoms with E-state index in [-0.39, 0.29) is 35.1 Å². The molecule has 0 radical (unpaired) electrons. The molecule has 0 heterocycles. The first-order valence-electron chi connectivity index (χ1n) is 6.70. The van der Waals surface area contributed by atoms with Crippen LogP contribution < -0.4 is 4.74 Å². The van der Waals surface area contributed by atoms with Crippen LogP contribution in [0, 0.1) is 0 Å². The van der Waals surface area contributed by atoms with Crippen molar-refractivity contribution in [2.75, 3.05) is 6.61 Å². The molecule has 0 bridgehead atoms. The molecule has 3 nitrogen and oxygen atoms in total. The molecule has 0 aliphatic rings. The summed E-state index contributed by atoms with van der Waals surface area (Å²) in [5.41, 5.74) is 0.226. The van der Waals surface area contributed by atoms with Gasteiger partial charge in [0.1, 0.15) is 11.3 Å². The number of carbonyl (C=O) groups is 1. The van der Waals surface area contributed by atoms with Crippen LogP contribution in [0.3, 0.4) is 0 Å². The smallest absolute Gasteiger partial charge is 0.0623 e. The van der Waals surface area contributed by atoms with Crippen LogP contribution in [0.2, 0.25) is 0 Å². The van der Waals surface area contributed by atoms with Gasteiger partial charge in [0.2, 0.25) is 0 Å². The number of aromatic carboxylic acids is 1. The van der Waals surface area contributed by atoms with Crippen LogP contribution >= 0.6 is 0 Å². The van der Waals surface area contributed by atoms with Gasteiger partial charge in [-0.1, -0.05) is 61.9 Å². The van der Waals surface area contributed by atoms with Crippen LogP contribution in [0.4, 0.5) is 0 Å². The van der Waals surface area contributed by atoms with Gasteiger partial charge in [0.25, 0.3) is 0 Å². The van der Waals surface area contributed by atoms with E-state index in [0.717, 1.165) is 12.8 Å².